The molecule has 0 spiro atoms. The highest BCUT2D eigenvalue weighted by molar-refractivity contribution is 5.82. The molecule has 4 atom stereocenters. The number of carbonyl (C=O) groups excluding carboxylic acids is 2. The van der Waals surface area contributed by atoms with Crippen LogP contribution in [0.25, 0.3) is 0 Å². The summed E-state index contributed by atoms with van der Waals surface area (Å²) in [5, 5.41) is 0. The Kier molecular flexibility index (Phi) is 10.2. The van der Waals surface area contributed by atoms with Crippen LogP contribution in [-0.2, 0) is 25.5 Å². The van der Waals surface area contributed by atoms with Gasteiger partial charge in [-0.25, -0.2) is 13.2 Å². The van der Waals surface area contributed by atoms with Crippen molar-refractivity contribution in [2.24, 2.45) is 5.92 Å². The summed E-state index contributed by atoms with van der Waals surface area (Å²) in [5.74, 6) is -3.09. The first-order valence-electron chi connectivity index (χ1n) is 16.5. The van der Waals surface area contributed by atoms with Crippen molar-refractivity contribution in [2.75, 3.05) is 45.9 Å². The fraction of sp³-hybridized carbons (Fsp3) is 0.611. The SMILES string of the molecule is Cc1ccc(C[C@@](C)(C(=O)OC(C)(C)C)N2CCN(C(=O)[C@@H]3CN(C4CCOCC4)C[C@H]3c3ccc(F)cc3F)[C@@H](C)C2)c(F)c1. The number of nitrogens with zero attached hydrogens (tertiary/aromatic N) is 3. The second-order valence-electron chi connectivity index (χ2n) is 14.6. The van der Waals surface area contributed by atoms with Gasteiger partial charge < -0.3 is 14.4 Å². The summed E-state index contributed by atoms with van der Waals surface area (Å²) in [6.45, 7) is 14.4. The lowest BCUT2D eigenvalue weighted by Gasteiger charge is -2.48. The molecule has 3 aliphatic rings. The molecule has 0 saturated carbocycles. The average molecular weight is 644 g/mol. The normalized spacial score (nSPS) is 25.0. The van der Waals surface area contributed by atoms with Gasteiger partial charge in [-0.3, -0.25) is 19.4 Å². The minimum atomic E-state index is -1.18. The van der Waals surface area contributed by atoms with Crippen molar-refractivity contribution in [3.63, 3.8) is 0 Å². The van der Waals surface area contributed by atoms with E-state index in [1.54, 1.807) is 13.0 Å². The highest BCUT2D eigenvalue weighted by Gasteiger charge is 2.49. The Bertz CT molecular complexity index is 1430. The number of esters is 1. The number of hydrogen-bond donors (Lipinski definition) is 0. The van der Waals surface area contributed by atoms with Crippen molar-refractivity contribution in [2.45, 2.75) is 89.9 Å². The first-order chi connectivity index (χ1) is 21.7. The summed E-state index contributed by atoms with van der Waals surface area (Å²) in [4.78, 5) is 34.3. The van der Waals surface area contributed by atoms with Crippen molar-refractivity contribution in [1.82, 2.24) is 14.7 Å². The molecule has 3 heterocycles. The van der Waals surface area contributed by atoms with E-state index in [1.165, 1.54) is 18.2 Å². The third kappa shape index (κ3) is 7.44. The van der Waals surface area contributed by atoms with Crippen LogP contribution in [0.5, 0.6) is 0 Å². The first kappa shape index (κ1) is 34.4. The van der Waals surface area contributed by atoms with Gasteiger partial charge in [0.25, 0.3) is 0 Å². The van der Waals surface area contributed by atoms with Crippen LogP contribution < -0.4 is 0 Å². The summed E-state index contributed by atoms with van der Waals surface area (Å²) < 4.78 is 55.5. The van der Waals surface area contributed by atoms with E-state index in [0.29, 0.717) is 57.1 Å². The van der Waals surface area contributed by atoms with E-state index in [0.717, 1.165) is 24.5 Å². The maximum absolute atomic E-state index is 15.2. The van der Waals surface area contributed by atoms with Gasteiger partial charge in [-0.05, 0) is 83.2 Å². The third-order valence-corrected chi connectivity index (χ3v) is 9.92. The Morgan fingerprint density at radius 2 is 1.65 bits per heavy atom. The van der Waals surface area contributed by atoms with Gasteiger partial charge in [0.2, 0.25) is 5.91 Å². The molecule has 2 aromatic rings. The van der Waals surface area contributed by atoms with Crippen LogP contribution in [0.3, 0.4) is 0 Å². The zero-order valence-corrected chi connectivity index (χ0v) is 28.0. The van der Waals surface area contributed by atoms with Crippen LogP contribution in [0.4, 0.5) is 13.2 Å². The maximum Gasteiger partial charge on any atom is 0.327 e. The number of piperazine rings is 1. The third-order valence-electron chi connectivity index (χ3n) is 9.92. The molecule has 3 fully saturated rings. The molecule has 0 radical (unpaired) electrons. The molecule has 0 N–H and O–H groups in total. The van der Waals surface area contributed by atoms with Gasteiger partial charge in [0.05, 0.1) is 5.92 Å². The lowest BCUT2D eigenvalue weighted by atomic mass is 9.86. The van der Waals surface area contributed by atoms with Crippen LogP contribution in [-0.4, -0.2) is 95.7 Å². The number of benzene rings is 2. The van der Waals surface area contributed by atoms with Crippen molar-refractivity contribution < 1.29 is 32.2 Å². The van der Waals surface area contributed by atoms with E-state index >= 15 is 8.78 Å². The fourth-order valence-electron chi connectivity index (χ4n) is 7.36. The molecular weight excluding hydrogens is 595 g/mol. The van der Waals surface area contributed by atoms with Crippen molar-refractivity contribution in [3.05, 3.63) is 70.5 Å². The number of ether oxygens (including phenoxy) is 2. The molecule has 46 heavy (non-hydrogen) atoms. The summed E-state index contributed by atoms with van der Waals surface area (Å²) in [7, 11) is 0. The molecule has 7 nitrogen and oxygen atoms in total. The summed E-state index contributed by atoms with van der Waals surface area (Å²) in [5.41, 5.74) is -0.342. The van der Waals surface area contributed by atoms with Crippen LogP contribution in [0, 0.1) is 30.3 Å². The Morgan fingerprint density at radius 1 is 0.935 bits per heavy atom. The largest absolute Gasteiger partial charge is 0.459 e. The molecule has 10 heteroatoms. The van der Waals surface area contributed by atoms with Gasteiger partial charge in [0.1, 0.15) is 28.6 Å². The van der Waals surface area contributed by atoms with E-state index in [9.17, 15) is 14.0 Å². The Labute approximate surface area is 271 Å². The van der Waals surface area contributed by atoms with Crippen molar-refractivity contribution in [1.29, 1.82) is 0 Å². The summed E-state index contributed by atoms with van der Waals surface area (Å²) >= 11 is 0. The topological polar surface area (TPSA) is 62.3 Å². The molecule has 0 unspecified atom stereocenters. The van der Waals surface area contributed by atoms with E-state index in [1.807, 2.05) is 50.5 Å². The van der Waals surface area contributed by atoms with E-state index in [-0.39, 0.29) is 30.2 Å². The minimum Gasteiger partial charge on any atom is -0.459 e. The lowest BCUT2D eigenvalue weighted by molar-refractivity contribution is -0.171. The van der Waals surface area contributed by atoms with E-state index in [4.69, 9.17) is 9.47 Å². The average Bonchev–Trinajstić information content (AvgIpc) is 3.43. The van der Waals surface area contributed by atoms with Crippen molar-refractivity contribution >= 4 is 11.9 Å². The minimum absolute atomic E-state index is 0.0704. The zero-order valence-electron chi connectivity index (χ0n) is 28.0. The molecular formula is C36H48F3N3O4. The molecule has 0 aromatic heterocycles. The van der Waals surface area contributed by atoms with Gasteiger partial charge in [-0.2, -0.15) is 0 Å². The summed E-state index contributed by atoms with van der Waals surface area (Å²) in [6, 6.07) is 8.60. The van der Waals surface area contributed by atoms with Crippen LogP contribution in [0.15, 0.2) is 36.4 Å². The van der Waals surface area contributed by atoms with Crippen LogP contribution >= 0.6 is 0 Å². The molecule has 2 aromatic carbocycles. The van der Waals surface area contributed by atoms with Gasteiger partial charge in [-0.15, -0.1) is 0 Å². The van der Waals surface area contributed by atoms with Gasteiger partial charge >= 0.3 is 5.97 Å². The highest BCUT2D eigenvalue weighted by Crippen LogP contribution is 2.39. The van der Waals surface area contributed by atoms with Crippen LogP contribution in [0.2, 0.25) is 0 Å². The smallest absolute Gasteiger partial charge is 0.327 e. The number of halogens is 3. The second-order valence-corrected chi connectivity index (χ2v) is 14.6. The van der Waals surface area contributed by atoms with E-state index < -0.39 is 40.6 Å². The maximum atomic E-state index is 15.2. The molecule has 252 valence electrons. The molecule has 5 rings (SSSR count). The predicted octanol–water partition coefficient (Wildman–Crippen LogP) is 5.48. The lowest BCUT2D eigenvalue weighted by Crippen LogP contribution is -2.65. The number of hydrogen-bond acceptors (Lipinski definition) is 6. The van der Waals surface area contributed by atoms with Crippen molar-refractivity contribution in [3.8, 4) is 0 Å². The van der Waals surface area contributed by atoms with Crippen LogP contribution in [0.1, 0.15) is 70.1 Å². The highest BCUT2D eigenvalue weighted by atomic mass is 19.1. The van der Waals surface area contributed by atoms with E-state index in [2.05, 4.69) is 4.90 Å². The van der Waals surface area contributed by atoms with Gasteiger partial charge in [0.15, 0.2) is 0 Å². The number of amides is 1. The van der Waals surface area contributed by atoms with Gasteiger partial charge in [-0.1, -0.05) is 18.2 Å². The number of rotatable bonds is 7. The monoisotopic (exact) mass is 643 g/mol. The molecule has 0 bridgehead atoms. The number of aryl methyl sites for hydroxylation is 1. The van der Waals surface area contributed by atoms with Gasteiger partial charge in [0, 0.05) is 76.4 Å². The number of likely N-dealkylation sites (tertiary alicyclic amines) is 1. The Morgan fingerprint density at radius 3 is 2.28 bits per heavy atom. The molecule has 0 aliphatic carbocycles. The molecule has 3 saturated heterocycles. The Balaban J connectivity index is 1.38. The summed E-state index contributed by atoms with van der Waals surface area (Å²) in [6.07, 6.45) is 1.81. The first-order valence-corrected chi connectivity index (χ1v) is 16.5. The second kappa shape index (κ2) is 13.6. The fourth-order valence-corrected chi connectivity index (χ4v) is 7.36. The standard InChI is InChI=1S/C36H48F3N3O4/c1-23-7-8-25(31(38)17-23)19-36(6,34(44)46-35(3,4)5)41-13-14-42(24(2)20-41)33(43)30-22-40(27-11-15-45-16-12-27)21-29(30)28-10-9-26(37)18-32(28)39/h7-10,17-18,24,27,29-30H,11-16,19-22H2,1-6H3/t24-,29-,30+,36-/m0/s1. The Hall–Kier alpha value is -2.95. The quantitative estimate of drug-likeness (QED) is 0.373. The predicted molar refractivity (Wildman–Crippen MR) is 170 cm³/mol. The zero-order chi connectivity index (χ0) is 33.4. The number of carbonyl (C=O) groups is 2. The molecule has 3 aliphatic heterocycles. The molecule has 1 amide bonds.